The van der Waals surface area contributed by atoms with Crippen LogP contribution >= 0.6 is 11.3 Å². The van der Waals surface area contributed by atoms with Gasteiger partial charge >= 0.3 is 18.0 Å². The lowest BCUT2D eigenvalue weighted by Gasteiger charge is -2.28. The van der Waals surface area contributed by atoms with Gasteiger partial charge in [-0.3, -0.25) is 0 Å². The van der Waals surface area contributed by atoms with Crippen molar-refractivity contribution in [2.75, 3.05) is 13.2 Å². The Morgan fingerprint density at radius 1 is 1.30 bits per heavy atom. The molecule has 1 aliphatic rings. The van der Waals surface area contributed by atoms with Gasteiger partial charge < -0.3 is 24.6 Å². The van der Waals surface area contributed by atoms with Crippen molar-refractivity contribution in [3.8, 4) is 0 Å². The summed E-state index contributed by atoms with van der Waals surface area (Å²) in [6.45, 7) is 6.93. The average molecular weight is 433 g/mol. The predicted octanol–water partition coefficient (Wildman–Crippen LogP) is 3.20. The molecule has 3 rings (SSSR count). The molecule has 160 valence electrons. The summed E-state index contributed by atoms with van der Waals surface area (Å²) in [5, 5.41) is 11.0. The molecule has 0 radical (unpaired) electrons. The number of nitrogens with one attached hydrogen (secondary N) is 2. The molecule has 0 spiro atoms. The first kappa shape index (κ1) is 21.6. The monoisotopic (exact) mass is 433 g/mol. The minimum Gasteiger partial charge on any atom is -0.463 e. The summed E-state index contributed by atoms with van der Waals surface area (Å²) in [7, 11) is 0. The fourth-order valence-electron chi connectivity index (χ4n) is 3.09. The maximum absolute atomic E-state index is 12.7. The van der Waals surface area contributed by atoms with Crippen LogP contribution in [0.1, 0.15) is 59.4 Å². The van der Waals surface area contributed by atoms with Gasteiger partial charge in [0.15, 0.2) is 5.76 Å². The summed E-state index contributed by atoms with van der Waals surface area (Å²) in [6.07, 6.45) is 0. The summed E-state index contributed by atoms with van der Waals surface area (Å²) in [5.41, 5.74) is 1.02. The number of urea groups is 1. The maximum Gasteiger partial charge on any atom is 0.344 e. The van der Waals surface area contributed by atoms with E-state index in [1.807, 2.05) is 25.3 Å². The van der Waals surface area contributed by atoms with Gasteiger partial charge in [-0.15, -0.1) is 11.3 Å². The van der Waals surface area contributed by atoms with Crippen LogP contribution in [0.25, 0.3) is 0 Å². The third kappa shape index (κ3) is 4.38. The van der Waals surface area contributed by atoms with E-state index in [4.69, 9.17) is 14.0 Å². The van der Waals surface area contributed by atoms with E-state index in [0.29, 0.717) is 11.5 Å². The van der Waals surface area contributed by atoms with Gasteiger partial charge in [-0.05, 0) is 25.3 Å². The smallest absolute Gasteiger partial charge is 0.344 e. The Kier molecular flexibility index (Phi) is 6.56. The second-order valence-corrected chi connectivity index (χ2v) is 7.88. The molecule has 0 unspecified atom stereocenters. The van der Waals surface area contributed by atoms with E-state index in [9.17, 15) is 14.4 Å². The number of esters is 2. The second kappa shape index (κ2) is 9.12. The zero-order valence-corrected chi connectivity index (χ0v) is 17.9. The highest BCUT2D eigenvalue weighted by molar-refractivity contribution is 7.10. The molecule has 0 aromatic carbocycles. The molecule has 0 saturated heterocycles. The molecule has 30 heavy (non-hydrogen) atoms. The van der Waals surface area contributed by atoms with Gasteiger partial charge in [0.1, 0.15) is 12.2 Å². The quantitative estimate of drug-likeness (QED) is 0.644. The lowest BCUT2D eigenvalue weighted by molar-refractivity contribution is -0.139. The van der Waals surface area contributed by atoms with Crippen LogP contribution in [0.3, 0.4) is 0 Å². The van der Waals surface area contributed by atoms with Crippen molar-refractivity contribution in [3.05, 3.63) is 50.7 Å². The first-order chi connectivity index (χ1) is 14.3. The highest BCUT2D eigenvalue weighted by Gasteiger charge is 2.35. The Labute approximate surface area is 177 Å². The second-order valence-electron chi connectivity index (χ2n) is 6.90. The first-order valence-corrected chi connectivity index (χ1v) is 10.4. The number of amides is 2. The summed E-state index contributed by atoms with van der Waals surface area (Å²) in [6, 6.07) is 2.42. The van der Waals surface area contributed by atoms with E-state index in [2.05, 4.69) is 15.8 Å². The van der Waals surface area contributed by atoms with Crippen LogP contribution in [-0.2, 0) is 14.3 Å². The number of carbonyl (C=O) groups is 3. The molecule has 0 saturated carbocycles. The average Bonchev–Trinajstić information content (AvgIpc) is 3.35. The molecule has 3 heterocycles. The lowest BCUT2D eigenvalue weighted by atomic mass is 10.0. The van der Waals surface area contributed by atoms with Gasteiger partial charge in [0.25, 0.3) is 0 Å². The van der Waals surface area contributed by atoms with Crippen molar-refractivity contribution in [2.24, 2.45) is 0 Å². The minimum absolute atomic E-state index is 0.0650. The third-order valence-electron chi connectivity index (χ3n) is 4.44. The van der Waals surface area contributed by atoms with Crippen molar-refractivity contribution in [3.63, 3.8) is 0 Å². The topological polar surface area (TPSA) is 120 Å². The van der Waals surface area contributed by atoms with E-state index >= 15 is 0 Å². The van der Waals surface area contributed by atoms with Crippen LogP contribution in [0, 0.1) is 6.92 Å². The van der Waals surface area contributed by atoms with E-state index in [1.54, 1.807) is 19.9 Å². The summed E-state index contributed by atoms with van der Waals surface area (Å²) in [4.78, 5) is 38.3. The van der Waals surface area contributed by atoms with E-state index < -0.39 is 24.0 Å². The number of hydrogen-bond donors (Lipinski definition) is 2. The highest BCUT2D eigenvalue weighted by Crippen LogP contribution is 2.31. The number of aryl methyl sites for hydroxylation is 1. The van der Waals surface area contributed by atoms with Gasteiger partial charge in [-0.1, -0.05) is 25.1 Å². The highest BCUT2D eigenvalue weighted by atomic mass is 32.1. The Bertz CT molecular complexity index is 977. The van der Waals surface area contributed by atoms with Crippen molar-refractivity contribution < 1.29 is 28.4 Å². The fraction of sp³-hybridized carbons (Fsp3) is 0.400. The number of thiophene rings is 1. The van der Waals surface area contributed by atoms with Gasteiger partial charge in [-0.2, -0.15) is 0 Å². The normalized spacial score (nSPS) is 16.3. The number of hydrogen-bond acceptors (Lipinski definition) is 8. The molecule has 2 amide bonds. The van der Waals surface area contributed by atoms with Crippen LogP contribution < -0.4 is 10.6 Å². The van der Waals surface area contributed by atoms with Crippen LogP contribution in [0.2, 0.25) is 0 Å². The zero-order valence-electron chi connectivity index (χ0n) is 17.1. The molecule has 1 aliphatic heterocycles. The Morgan fingerprint density at radius 2 is 2.07 bits per heavy atom. The molecule has 0 fully saturated rings. The fourth-order valence-corrected chi connectivity index (χ4v) is 3.87. The number of rotatable bonds is 7. The number of nitrogens with zero attached hydrogens (tertiary/aromatic N) is 1. The summed E-state index contributed by atoms with van der Waals surface area (Å²) < 4.78 is 15.8. The Morgan fingerprint density at radius 3 is 2.70 bits per heavy atom. The molecule has 2 aromatic rings. The molecule has 2 aromatic heterocycles. The zero-order chi connectivity index (χ0) is 21.8. The Hall–Kier alpha value is -3.14. The number of carbonyl (C=O) groups excluding carboxylic acids is 3. The number of aromatic nitrogens is 1. The SMILES string of the molecule is CCOC(=O)C1=C(COC(=O)c2c(C)noc2C(C)C)NC(=O)N[C@@H]1c1cccs1. The van der Waals surface area contributed by atoms with Gasteiger partial charge in [0.2, 0.25) is 0 Å². The van der Waals surface area contributed by atoms with Crippen molar-refractivity contribution in [1.29, 1.82) is 0 Å². The molecule has 2 N–H and O–H groups in total. The van der Waals surface area contributed by atoms with E-state index in [0.717, 1.165) is 4.88 Å². The first-order valence-electron chi connectivity index (χ1n) is 9.47. The molecule has 9 nitrogen and oxygen atoms in total. The molecule has 0 aliphatic carbocycles. The maximum atomic E-state index is 12.7. The van der Waals surface area contributed by atoms with E-state index in [1.165, 1.54) is 11.3 Å². The molecular formula is C20H23N3O6S. The van der Waals surface area contributed by atoms with Crippen molar-refractivity contribution >= 4 is 29.3 Å². The summed E-state index contributed by atoms with van der Waals surface area (Å²) >= 11 is 1.39. The molecular weight excluding hydrogens is 410 g/mol. The molecule has 0 bridgehead atoms. The molecule has 10 heteroatoms. The third-order valence-corrected chi connectivity index (χ3v) is 5.38. The largest absolute Gasteiger partial charge is 0.463 e. The summed E-state index contributed by atoms with van der Waals surface area (Å²) in [5.74, 6) is -0.889. The Balaban J connectivity index is 1.91. The van der Waals surface area contributed by atoms with Gasteiger partial charge in [0.05, 0.1) is 29.6 Å². The minimum atomic E-state index is -0.699. The van der Waals surface area contributed by atoms with Gasteiger partial charge in [-0.25, -0.2) is 14.4 Å². The van der Waals surface area contributed by atoms with Crippen LogP contribution in [0.5, 0.6) is 0 Å². The number of ether oxygens (including phenoxy) is 2. The molecule has 1 atom stereocenters. The van der Waals surface area contributed by atoms with Gasteiger partial charge in [0, 0.05) is 10.8 Å². The van der Waals surface area contributed by atoms with Crippen LogP contribution in [-0.4, -0.2) is 36.3 Å². The van der Waals surface area contributed by atoms with Crippen molar-refractivity contribution in [1.82, 2.24) is 15.8 Å². The van der Waals surface area contributed by atoms with Crippen molar-refractivity contribution in [2.45, 2.75) is 39.7 Å². The van der Waals surface area contributed by atoms with Crippen LogP contribution in [0.4, 0.5) is 4.79 Å². The van der Waals surface area contributed by atoms with E-state index in [-0.39, 0.29) is 36.0 Å². The lowest BCUT2D eigenvalue weighted by Crippen LogP contribution is -2.47. The van der Waals surface area contributed by atoms with Crippen LogP contribution in [0.15, 0.2) is 33.3 Å². The standard InChI is InChI=1S/C20H23N3O6S/c1-5-27-19(25)15-12(21-20(26)22-16(15)13-7-6-8-30-13)9-28-18(24)14-11(4)23-29-17(14)10(2)3/h6-8,10,16H,5,9H2,1-4H3,(H2,21,22,26)/t16-/m1/s1. The predicted molar refractivity (Wildman–Crippen MR) is 108 cm³/mol.